The number of ketones is 1. The van der Waals surface area contributed by atoms with Gasteiger partial charge in [0.1, 0.15) is 17.4 Å². The summed E-state index contributed by atoms with van der Waals surface area (Å²) < 4.78 is 6.16. The number of rotatable bonds is 2. The predicted molar refractivity (Wildman–Crippen MR) is 114 cm³/mol. The molecule has 3 rings (SSSR count). The van der Waals surface area contributed by atoms with Gasteiger partial charge < -0.3 is 10.1 Å². The van der Waals surface area contributed by atoms with Gasteiger partial charge in [-0.1, -0.05) is 48.1 Å². The molecule has 1 aromatic rings. The van der Waals surface area contributed by atoms with Crippen LogP contribution in [-0.2, 0) is 4.79 Å². The van der Waals surface area contributed by atoms with E-state index >= 15 is 0 Å². The van der Waals surface area contributed by atoms with Crippen LogP contribution in [-0.4, -0.2) is 22.3 Å². The maximum Gasteiger partial charge on any atom is 0.271 e. The topological polar surface area (TPSA) is 81.5 Å². The third-order valence-electron chi connectivity index (χ3n) is 5.34. The minimum atomic E-state index is -0.872. The molecule has 0 aromatic heterocycles. The van der Waals surface area contributed by atoms with E-state index in [1.54, 1.807) is 12.1 Å². The Hall–Kier alpha value is -2.89. The number of ether oxygens (including phenoxy) is 1. The summed E-state index contributed by atoms with van der Waals surface area (Å²) in [6.45, 7) is 15.9. The maximum absolute atomic E-state index is 13.3. The van der Waals surface area contributed by atoms with Crippen LogP contribution >= 0.6 is 0 Å². The Labute approximate surface area is 171 Å². The van der Waals surface area contributed by atoms with E-state index in [-0.39, 0.29) is 22.3 Å². The van der Waals surface area contributed by atoms with Crippen LogP contribution in [0, 0.1) is 20.9 Å². The van der Waals surface area contributed by atoms with Crippen LogP contribution in [0.5, 0.6) is 5.75 Å². The lowest BCUT2D eigenvalue weighted by molar-refractivity contribution is -0.384. The Balaban J connectivity index is 2.25. The third-order valence-corrected chi connectivity index (χ3v) is 5.34. The number of carbonyl (C=O) groups is 1. The molecule has 1 aliphatic heterocycles. The van der Waals surface area contributed by atoms with E-state index < -0.39 is 16.6 Å². The Morgan fingerprint density at radius 3 is 2.14 bits per heavy atom. The molecule has 0 fully saturated rings. The number of nitrogens with one attached hydrogen (secondary N) is 1. The summed E-state index contributed by atoms with van der Waals surface area (Å²) in [6, 6.07) is 4.46. The van der Waals surface area contributed by atoms with E-state index in [0.29, 0.717) is 22.6 Å². The van der Waals surface area contributed by atoms with E-state index in [1.165, 1.54) is 12.1 Å². The zero-order valence-electron chi connectivity index (χ0n) is 17.8. The number of anilines is 1. The lowest BCUT2D eigenvalue weighted by Gasteiger charge is -2.45. The first kappa shape index (κ1) is 20.8. The maximum atomic E-state index is 13.3. The van der Waals surface area contributed by atoms with Crippen molar-refractivity contribution in [2.75, 3.05) is 5.32 Å². The number of nitro groups is 1. The SMILES string of the molecule is C=C[C@@H]1Oc2ccc([N+](=O)[O-])cc2NC12C=C(C(C)(C)C)C(=O)C(C(C)(C)C)=C2. The van der Waals surface area contributed by atoms with Crippen LogP contribution in [0.15, 0.2) is 54.2 Å². The minimum Gasteiger partial charge on any atom is -0.481 e. The minimum absolute atomic E-state index is 0.0186. The number of hydrogen-bond donors (Lipinski definition) is 1. The van der Waals surface area contributed by atoms with E-state index in [1.807, 2.05) is 53.7 Å². The molecule has 0 bridgehead atoms. The van der Waals surface area contributed by atoms with Crippen LogP contribution in [0.1, 0.15) is 41.5 Å². The number of non-ortho nitro benzene ring substituents is 1. The van der Waals surface area contributed by atoms with Gasteiger partial charge in [-0.3, -0.25) is 14.9 Å². The number of nitro benzene ring substituents is 1. The molecule has 2 aliphatic rings. The number of carbonyl (C=O) groups excluding carboxylic acids is 1. The first-order valence-corrected chi connectivity index (χ1v) is 9.66. The number of hydrogen-bond acceptors (Lipinski definition) is 5. The lowest BCUT2D eigenvalue weighted by Crippen LogP contribution is -2.54. The summed E-state index contributed by atoms with van der Waals surface area (Å²) in [5, 5.41) is 14.7. The fraction of sp³-hybridized carbons (Fsp3) is 0.435. The number of allylic oxidation sites excluding steroid dienone is 2. The van der Waals surface area contributed by atoms with Crippen molar-refractivity contribution in [1.29, 1.82) is 0 Å². The van der Waals surface area contributed by atoms with E-state index in [4.69, 9.17) is 4.74 Å². The summed E-state index contributed by atoms with van der Waals surface area (Å²) in [5.74, 6) is 0.532. The van der Waals surface area contributed by atoms with Gasteiger partial charge in [-0.15, -0.1) is 0 Å². The highest BCUT2D eigenvalue weighted by Gasteiger charge is 2.47. The molecular formula is C23H28N2O4. The second kappa shape index (κ2) is 6.58. The largest absolute Gasteiger partial charge is 0.481 e. The Morgan fingerprint density at radius 2 is 1.69 bits per heavy atom. The van der Waals surface area contributed by atoms with Gasteiger partial charge in [-0.05, 0) is 35.1 Å². The molecule has 0 radical (unpaired) electrons. The van der Waals surface area contributed by atoms with Gasteiger partial charge in [0.2, 0.25) is 0 Å². The van der Waals surface area contributed by atoms with Crippen molar-refractivity contribution < 1.29 is 14.5 Å². The summed E-state index contributed by atoms with van der Waals surface area (Å²) >= 11 is 0. The van der Waals surface area contributed by atoms with Gasteiger partial charge in [0, 0.05) is 23.3 Å². The fourth-order valence-electron chi connectivity index (χ4n) is 3.76. The number of benzene rings is 1. The molecule has 6 heteroatoms. The molecule has 1 aliphatic carbocycles. The zero-order chi connectivity index (χ0) is 21.8. The fourth-order valence-corrected chi connectivity index (χ4v) is 3.76. The van der Waals surface area contributed by atoms with Gasteiger partial charge in [-0.25, -0.2) is 0 Å². The van der Waals surface area contributed by atoms with Gasteiger partial charge in [-0.2, -0.15) is 0 Å². The monoisotopic (exact) mass is 396 g/mol. The molecule has 0 saturated heterocycles. The van der Waals surface area contributed by atoms with Gasteiger partial charge in [0.25, 0.3) is 5.69 Å². The lowest BCUT2D eigenvalue weighted by atomic mass is 9.67. The van der Waals surface area contributed by atoms with Crippen LogP contribution in [0.25, 0.3) is 0 Å². The highest BCUT2D eigenvalue weighted by atomic mass is 16.6. The number of Topliss-reactive ketones (excluding diaryl/α,β-unsaturated/α-hetero) is 1. The highest BCUT2D eigenvalue weighted by Crippen LogP contribution is 2.46. The van der Waals surface area contributed by atoms with Crippen LogP contribution in [0.4, 0.5) is 11.4 Å². The van der Waals surface area contributed by atoms with Crippen molar-refractivity contribution in [3.8, 4) is 5.75 Å². The molecule has 1 spiro atoms. The second-order valence-electron chi connectivity index (χ2n) is 9.71. The molecular weight excluding hydrogens is 368 g/mol. The average Bonchev–Trinajstić information content (AvgIpc) is 2.60. The third kappa shape index (κ3) is 3.59. The van der Waals surface area contributed by atoms with E-state index in [9.17, 15) is 14.9 Å². The Morgan fingerprint density at radius 1 is 1.14 bits per heavy atom. The van der Waals surface area contributed by atoms with Crippen molar-refractivity contribution >= 4 is 17.2 Å². The molecule has 1 heterocycles. The summed E-state index contributed by atoms with van der Waals surface area (Å²) in [7, 11) is 0. The highest BCUT2D eigenvalue weighted by molar-refractivity contribution is 6.11. The van der Waals surface area contributed by atoms with E-state index in [0.717, 1.165) is 0 Å². The molecule has 0 saturated carbocycles. The Bertz CT molecular complexity index is 924. The van der Waals surface area contributed by atoms with Crippen LogP contribution in [0.3, 0.4) is 0 Å². The molecule has 29 heavy (non-hydrogen) atoms. The van der Waals surface area contributed by atoms with Crippen LogP contribution in [0.2, 0.25) is 0 Å². The second-order valence-corrected chi connectivity index (χ2v) is 9.71. The summed E-state index contributed by atoms with van der Waals surface area (Å²) in [6.07, 6.45) is 5.01. The zero-order valence-corrected chi connectivity index (χ0v) is 17.8. The molecule has 0 unspecified atom stereocenters. The number of fused-ring (bicyclic) bond motifs is 1. The first-order chi connectivity index (χ1) is 13.3. The molecule has 6 nitrogen and oxygen atoms in total. The molecule has 1 aromatic carbocycles. The average molecular weight is 396 g/mol. The molecule has 1 N–H and O–H groups in total. The van der Waals surface area contributed by atoms with Gasteiger partial charge in [0.15, 0.2) is 5.78 Å². The Kier molecular flexibility index (Phi) is 4.72. The predicted octanol–water partition coefficient (Wildman–Crippen LogP) is 5.22. The van der Waals surface area contributed by atoms with Crippen molar-refractivity contribution in [1.82, 2.24) is 0 Å². The van der Waals surface area contributed by atoms with Crippen molar-refractivity contribution in [3.05, 3.63) is 64.3 Å². The van der Waals surface area contributed by atoms with Crippen molar-refractivity contribution in [3.63, 3.8) is 0 Å². The normalized spacial score (nSPS) is 20.8. The summed E-state index contributed by atoms with van der Waals surface area (Å²) in [4.78, 5) is 24.1. The van der Waals surface area contributed by atoms with Gasteiger partial charge in [0.05, 0.1) is 10.6 Å². The standard InChI is InChI=1S/C23H28N2O4/c1-8-19-23(24-17-11-14(25(27)28)9-10-18(17)29-19)12-15(21(2,3)4)20(26)16(13-23)22(5,6)7/h8-13,19,24H,1H2,2-7H3/t19-/m0/s1. The quantitative estimate of drug-likeness (QED) is 0.421. The summed E-state index contributed by atoms with van der Waals surface area (Å²) in [5.41, 5.74) is 0.211. The van der Waals surface area contributed by atoms with Gasteiger partial charge >= 0.3 is 0 Å². The molecule has 0 amide bonds. The van der Waals surface area contributed by atoms with Crippen LogP contribution < -0.4 is 10.1 Å². The first-order valence-electron chi connectivity index (χ1n) is 9.66. The molecule has 1 atom stereocenters. The number of nitrogens with zero attached hydrogens (tertiary/aromatic N) is 1. The van der Waals surface area contributed by atoms with Crippen molar-refractivity contribution in [2.24, 2.45) is 10.8 Å². The van der Waals surface area contributed by atoms with E-state index in [2.05, 4.69) is 11.9 Å². The van der Waals surface area contributed by atoms with Crippen molar-refractivity contribution in [2.45, 2.75) is 53.2 Å². The molecule has 154 valence electrons. The smallest absolute Gasteiger partial charge is 0.271 e.